The topological polar surface area (TPSA) is 80.0 Å². The van der Waals surface area contributed by atoms with E-state index in [9.17, 15) is 9.90 Å². The Morgan fingerprint density at radius 3 is 2.86 bits per heavy atom. The van der Waals surface area contributed by atoms with Crippen LogP contribution in [-0.2, 0) is 11.3 Å². The zero-order chi connectivity index (χ0) is 15.0. The van der Waals surface area contributed by atoms with E-state index in [0.29, 0.717) is 11.6 Å². The third kappa shape index (κ3) is 3.10. The number of hydrogen-bond acceptors (Lipinski definition) is 4. The fourth-order valence-corrected chi connectivity index (χ4v) is 4.04. The quantitative estimate of drug-likeness (QED) is 0.856. The van der Waals surface area contributed by atoms with Gasteiger partial charge < -0.3 is 10.4 Å². The van der Waals surface area contributed by atoms with Crippen LogP contribution < -0.4 is 5.32 Å². The molecule has 5 atom stereocenters. The van der Waals surface area contributed by atoms with Gasteiger partial charge in [0.25, 0.3) is 0 Å². The minimum absolute atomic E-state index is 0.0349. The van der Waals surface area contributed by atoms with Gasteiger partial charge in [-0.3, -0.25) is 4.79 Å². The summed E-state index contributed by atoms with van der Waals surface area (Å²) in [5, 5.41) is 20.2. The molecule has 0 radical (unpaired) electrons. The number of carbonyl (C=O) groups is 1. The molecule has 0 aliphatic heterocycles. The highest BCUT2D eigenvalue weighted by Crippen LogP contribution is 2.49. The molecular formula is C15H24N4O2. The molecule has 1 amide bonds. The van der Waals surface area contributed by atoms with E-state index >= 15 is 0 Å². The Labute approximate surface area is 124 Å². The van der Waals surface area contributed by atoms with E-state index < -0.39 is 6.10 Å². The second-order valence-corrected chi connectivity index (χ2v) is 6.71. The monoisotopic (exact) mass is 292 g/mol. The molecule has 2 aliphatic carbocycles. The fraction of sp³-hybridized carbons (Fsp3) is 0.800. The van der Waals surface area contributed by atoms with Crippen LogP contribution in [0, 0.1) is 17.8 Å². The van der Waals surface area contributed by atoms with Crippen molar-refractivity contribution >= 4 is 5.91 Å². The highest BCUT2D eigenvalue weighted by atomic mass is 16.3. The average molecular weight is 292 g/mol. The van der Waals surface area contributed by atoms with Crippen LogP contribution >= 0.6 is 0 Å². The molecular weight excluding hydrogens is 268 g/mol. The van der Waals surface area contributed by atoms with Crippen molar-refractivity contribution in [2.75, 3.05) is 0 Å². The van der Waals surface area contributed by atoms with Crippen molar-refractivity contribution in [1.29, 1.82) is 0 Å². The molecule has 0 saturated heterocycles. The zero-order valence-electron chi connectivity index (χ0n) is 12.7. The number of fused-ring (bicyclic) bond motifs is 2. The smallest absolute Gasteiger partial charge is 0.242 e. The highest BCUT2D eigenvalue weighted by molar-refractivity contribution is 5.75. The van der Waals surface area contributed by atoms with Gasteiger partial charge in [-0.05, 0) is 50.9 Å². The van der Waals surface area contributed by atoms with Crippen molar-refractivity contribution in [1.82, 2.24) is 20.3 Å². The molecule has 0 spiro atoms. The van der Waals surface area contributed by atoms with Crippen LogP contribution in [0.3, 0.4) is 0 Å². The van der Waals surface area contributed by atoms with Crippen molar-refractivity contribution in [2.24, 2.45) is 17.8 Å². The Hall–Kier alpha value is -1.43. The maximum absolute atomic E-state index is 12.1. The Morgan fingerprint density at radius 2 is 2.29 bits per heavy atom. The second-order valence-electron chi connectivity index (χ2n) is 6.71. The van der Waals surface area contributed by atoms with Crippen LogP contribution in [0.2, 0.25) is 0 Å². The first-order chi connectivity index (χ1) is 10.0. The van der Waals surface area contributed by atoms with Crippen LogP contribution in [0.15, 0.2) is 6.20 Å². The predicted molar refractivity (Wildman–Crippen MR) is 77.2 cm³/mol. The number of nitrogens with one attached hydrogen (secondary N) is 1. The number of nitrogens with zero attached hydrogens (tertiary/aromatic N) is 3. The normalized spacial score (nSPS) is 30.3. The average Bonchev–Trinajstić information content (AvgIpc) is 3.13. The molecule has 3 rings (SSSR count). The molecule has 1 aromatic rings. The lowest BCUT2D eigenvalue weighted by Crippen LogP contribution is -2.41. The third-order valence-corrected chi connectivity index (χ3v) is 5.11. The summed E-state index contributed by atoms with van der Waals surface area (Å²) in [4.78, 5) is 12.1. The fourth-order valence-electron chi connectivity index (χ4n) is 4.04. The largest absolute Gasteiger partial charge is 0.387 e. The Morgan fingerprint density at radius 1 is 1.48 bits per heavy atom. The molecule has 6 nitrogen and oxygen atoms in total. The Bertz CT molecular complexity index is 514. The molecule has 2 fully saturated rings. The number of aliphatic hydroxyl groups is 1. The van der Waals surface area contributed by atoms with E-state index in [1.165, 1.54) is 30.4 Å². The molecule has 2 N–H and O–H groups in total. The maximum Gasteiger partial charge on any atom is 0.242 e. The molecule has 0 aromatic carbocycles. The standard InChI is InChI=1S/C15H24N4O2/c1-9(13-6-11-3-4-12(13)5-11)16-15(21)8-19-7-14(10(2)20)17-18-19/h7,9-13,20H,3-6,8H2,1-2H3,(H,16,21). The van der Waals surface area contributed by atoms with E-state index in [1.54, 1.807) is 13.1 Å². The van der Waals surface area contributed by atoms with Crippen molar-refractivity contribution in [3.05, 3.63) is 11.9 Å². The molecule has 21 heavy (non-hydrogen) atoms. The lowest BCUT2D eigenvalue weighted by molar-refractivity contribution is -0.123. The molecule has 2 bridgehead atoms. The third-order valence-electron chi connectivity index (χ3n) is 5.11. The number of rotatable bonds is 5. The van der Waals surface area contributed by atoms with Gasteiger partial charge in [0.2, 0.25) is 5.91 Å². The molecule has 116 valence electrons. The molecule has 1 heterocycles. The number of aromatic nitrogens is 3. The van der Waals surface area contributed by atoms with Gasteiger partial charge in [0.15, 0.2) is 0 Å². The lowest BCUT2D eigenvalue weighted by Gasteiger charge is -2.28. The van der Waals surface area contributed by atoms with Gasteiger partial charge in [-0.2, -0.15) is 0 Å². The summed E-state index contributed by atoms with van der Waals surface area (Å²) in [6, 6.07) is 0.229. The Balaban J connectivity index is 1.51. The van der Waals surface area contributed by atoms with E-state index in [2.05, 4.69) is 22.6 Å². The highest BCUT2D eigenvalue weighted by Gasteiger charge is 2.42. The number of amides is 1. The first kappa shape index (κ1) is 14.5. The van der Waals surface area contributed by atoms with E-state index in [4.69, 9.17) is 0 Å². The molecule has 6 heteroatoms. The first-order valence-corrected chi connectivity index (χ1v) is 7.90. The van der Waals surface area contributed by atoms with Crippen molar-refractivity contribution in [2.45, 2.75) is 58.2 Å². The van der Waals surface area contributed by atoms with Crippen LogP contribution in [0.1, 0.15) is 51.3 Å². The summed E-state index contributed by atoms with van der Waals surface area (Å²) in [6.45, 7) is 3.91. The van der Waals surface area contributed by atoms with Crippen molar-refractivity contribution in [3.63, 3.8) is 0 Å². The molecule has 2 saturated carbocycles. The summed E-state index contributed by atoms with van der Waals surface area (Å²) in [5.74, 6) is 2.30. The molecule has 5 unspecified atom stereocenters. The van der Waals surface area contributed by atoms with Crippen molar-refractivity contribution in [3.8, 4) is 0 Å². The maximum atomic E-state index is 12.1. The van der Waals surface area contributed by atoms with Gasteiger partial charge in [0.1, 0.15) is 12.2 Å². The summed E-state index contributed by atoms with van der Waals surface area (Å²) in [6.07, 6.45) is 6.29. The Kier molecular flexibility index (Phi) is 3.97. The lowest BCUT2D eigenvalue weighted by atomic mass is 9.84. The van der Waals surface area contributed by atoms with E-state index in [1.807, 2.05) is 0 Å². The van der Waals surface area contributed by atoms with E-state index in [-0.39, 0.29) is 18.5 Å². The summed E-state index contributed by atoms with van der Waals surface area (Å²) >= 11 is 0. The summed E-state index contributed by atoms with van der Waals surface area (Å²) in [7, 11) is 0. The van der Waals surface area contributed by atoms with Gasteiger partial charge in [-0.1, -0.05) is 11.6 Å². The summed E-state index contributed by atoms with van der Waals surface area (Å²) < 4.78 is 1.48. The van der Waals surface area contributed by atoms with E-state index in [0.717, 1.165) is 11.8 Å². The van der Waals surface area contributed by atoms with Gasteiger partial charge in [0.05, 0.1) is 12.3 Å². The molecule has 2 aliphatic rings. The van der Waals surface area contributed by atoms with Crippen LogP contribution in [0.5, 0.6) is 0 Å². The number of aliphatic hydroxyl groups excluding tert-OH is 1. The number of hydrogen-bond donors (Lipinski definition) is 2. The molecule has 1 aromatic heterocycles. The van der Waals surface area contributed by atoms with Gasteiger partial charge in [-0.25, -0.2) is 4.68 Å². The SMILES string of the molecule is CC(O)c1cn(CC(=O)NC(C)C2CC3CCC2C3)nn1. The van der Waals surface area contributed by atoms with Gasteiger partial charge >= 0.3 is 0 Å². The number of carbonyl (C=O) groups excluding carboxylic acids is 1. The van der Waals surface area contributed by atoms with Gasteiger partial charge in [-0.15, -0.1) is 5.10 Å². The van der Waals surface area contributed by atoms with Crippen LogP contribution in [0.4, 0.5) is 0 Å². The minimum Gasteiger partial charge on any atom is -0.387 e. The zero-order valence-corrected chi connectivity index (χ0v) is 12.7. The predicted octanol–water partition coefficient (Wildman–Crippen LogP) is 1.27. The minimum atomic E-state index is -0.658. The van der Waals surface area contributed by atoms with Crippen LogP contribution in [0.25, 0.3) is 0 Å². The van der Waals surface area contributed by atoms with Crippen LogP contribution in [-0.4, -0.2) is 32.0 Å². The van der Waals surface area contributed by atoms with Gasteiger partial charge in [0, 0.05) is 6.04 Å². The van der Waals surface area contributed by atoms with Crippen molar-refractivity contribution < 1.29 is 9.90 Å². The summed E-state index contributed by atoms with van der Waals surface area (Å²) in [5.41, 5.74) is 0.490. The first-order valence-electron chi connectivity index (χ1n) is 7.90. The second kappa shape index (κ2) is 5.75.